The molecule has 1 aliphatic heterocycles. The van der Waals surface area contributed by atoms with E-state index in [0.717, 1.165) is 25.9 Å². The highest BCUT2D eigenvalue weighted by molar-refractivity contribution is 5.68. The van der Waals surface area contributed by atoms with Gasteiger partial charge in [-0.05, 0) is 33.6 Å². The van der Waals surface area contributed by atoms with Gasteiger partial charge in [-0.3, -0.25) is 0 Å². The standard InChI is InChI=1S/C13H26N2O2/c1-6-10-9-15(11(7-2)8-14-10)12(16)17-13(3,4)5/h10-11,14H,6-9H2,1-5H3. The van der Waals surface area contributed by atoms with Gasteiger partial charge in [0.2, 0.25) is 0 Å². The zero-order chi connectivity index (χ0) is 13.1. The van der Waals surface area contributed by atoms with Gasteiger partial charge >= 0.3 is 6.09 Å². The van der Waals surface area contributed by atoms with E-state index in [4.69, 9.17) is 4.74 Å². The van der Waals surface area contributed by atoms with Crippen LogP contribution in [0.5, 0.6) is 0 Å². The zero-order valence-corrected chi connectivity index (χ0v) is 11.7. The van der Waals surface area contributed by atoms with Gasteiger partial charge in [-0.1, -0.05) is 13.8 Å². The maximum Gasteiger partial charge on any atom is 0.410 e. The number of hydrogen-bond acceptors (Lipinski definition) is 3. The third kappa shape index (κ3) is 4.19. The molecule has 2 atom stereocenters. The Hall–Kier alpha value is -0.770. The van der Waals surface area contributed by atoms with Crippen molar-refractivity contribution in [2.45, 2.75) is 65.1 Å². The number of piperazine rings is 1. The molecule has 0 bridgehead atoms. The predicted molar refractivity (Wildman–Crippen MR) is 69.1 cm³/mol. The molecule has 0 aromatic heterocycles. The lowest BCUT2D eigenvalue weighted by Gasteiger charge is -2.40. The highest BCUT2D eigenvalue weighted by Crippen LogP contribution is 2.17. The van der Waals surface area contributed by atoms with E-state index in [9.17, 15) is 4.79 Å². The molecule has 0 aromatic carbocycles. The minimum Gasteiger partial charge on any atom is -0.444 e. The van der Waals surface area contributed by atoms with Crippen molar-refractivity contribution in [2.24, 2.45) is 0 Å². The summed E-state index contributed by atoms with van der Waals surface area (Å²) in [4.78, 5) is 14.0. The van der Waals surface area contributed by atoms with Gasteiger partial charge in [0, 0.05) is 25.2 Å². The van der Waals surface area contributed by atoms with E-state index in [2.05, 4.69) is 19.2 Å². The summed E-state index contributed by atoms with van der Waals surface area (Å²) in [5.41, 5.74) is -0.415. The summed E-state index contributed by atoms with van der Waals surface area (Å²) in [7, 11) is 0. The van der Waals surface area contributed by atoms with Crippen molar-refractivity contribution in [2.75, 3.05) is 13.1 Å². The second-order valence-corrected chi connectivity index (χ2v) is 5.71. The molecule has 4 heteroatoms. The molecule has 1 heterocycles. The number of rotatable bonds is 2. The average molecular weight is 242 g/mol. The molecule has 1 aliphatic rings. The molecule has 0 saturated carbocycles. The first-order valence-corrected chi connectivity index (χ1v) is 6.60. The van der Waals surface area contributed by atoms with E-state index in [0.29, 0.717) is 6.04 Å². The normalized spacial score (nSPS) is 25.8. The highest BCUT2D eigenvalue weighted by Gasteiger charge is 2.32. The Balaban J connectivity index is 2.66. The van der Waals surface area contributed by atoms with Crippen molar-refractivity contribution in [3.8, 4) is 0 Å². The number of carbonyl (C=O) groups is 1. The van der Waals surface area contributed by atoms with Gasteiger partial charge in [0.15, 0.2) is 0 Å². The van der Waals surface area contributed by atoms with E-state index in [-0.39, 0.29) is 12.1 Å². The van der Waals surface area contributed by atoms with Gasteiger partial charge in [0.1, 0.15) is 5.60 Å². The van der Waals surface area contributed by atoms with Crippen molar-refractivity contribution in [3.05, 3.63) is 0 Å². The SMILES string of the molecule is CCC1CN(C(=O)OC(C)(C)C)C(CC)CN1. The van der Waals surface area contributed by atoms with Crippen molar-refractivity contribution < 1.29 is 9.53 Å². The van der Waals surface area contributed by atoms with E-state index >= 15 is 0 Å². The Bertz CT molecular complexity index is 261. The van der Waals surface area contributed by atoms with Crippen LogP contribution >= 0.6 is 0 Å². The number of nitrogens with zero attached hydrogens (tertiary/aromatic N) is 1. The van der Waals surface area contributed by atoms with Crippen molar-refractivity contribution in [1.82, 2.24) is 10.2 Å². The summed E-state index contributed by atoms with van der Waals surface area (Å²) >= 11 is 0. The van der Waals surface area contributed by atoms with Crippen LogP contribution in [0, 0.1) is 0 Å². The summed E-state index contributed by atoms with van der Waals surface area (Å²) in [5, 5.41) is 3.47. The molecular formula is C13H26N2O2. The van der Waals surface area contributed by atoms with Crippen molar-refractivity contribution in [1.29, 1.82) is 0 Å². The number of nitrogens with one attached hydrogen (secondary N) is 1. The Labute approximate surface area is 105 Å². The van der Waals surface area contributed by atoms with E-state index in [1.165, 1.54) is 0 Å². The molecule has 0 spiro atoms. The smallest absolute Gasteiger partial charge is 0.410 e. The van der Waals surface area contributed by atoms with Gasteiger partial charge in [-0.2, -0.15) is 0 Å². The number of hydrogen-bond donors (Lipinski definition) is 1. The van der Waals surface area contributed by atoms with Crippen LogP contribution < -0.4 is 5.32 Å². The largest absolute Gasteiger partial charge is 0.444 e. The fourth-order valence-electron chi connectivity index (χ4n) is 2.05. The number of ether oxygens (including phenoxy) is 1. The minimum absolute atomic E-state index is 0.177. The Morgan fingerprint density at radius 3 is 2.47 bits per heavy atom. The van der Waals surface area contributed by atoms with E-state index in [1.54, 1.807) is 0 Å². The summed E-state index contributed by atoms with van der Waals surface area (Å²) in [5.74, 6) is 0. The lowest BCUT2D eigenvalue weighted by Crippen LogP contribution is -2.58. The second kappa shape index (κ2) is 5.71. The maximum absolute atomic E-state index is 12.1. The molecule has 17 heavy (non-hydrogen) atoms. The van der Waals surface area contributed by atoms with Crippen LogP contribution in [0.25, 0.3) is 0 Å². The van der Waals surface area contributed by atoms with Crippen molar-refractivity contribution in [3.63, 3.8) is 0 Å². The summed E-state index contributed by atoms with van der Waals surface area (Å²) in [6.45, 7) is 11.6. The van der Waals surface area contributed by atoms with Crippen LogP contribution in [0.3, 0.4) is 0 Å². The molecule has 0 aromatic rings. The first-order chi connectivity index (χ1) is 7.87. The van der Waals surface area contributed by atoms with Crippen LogP contribution in [0.4, 0.5) is 4.79 Å². The lowest BCUT2D eigenvalue weighted by atomic mass is 10.1. The zero-order valence-electron chi connectivity index (χ0n) is 11.7. The monoisotopic (exact) mass is 242 g/mol. The highest BCUT2D eigenvalue weighted by atomic mass is 16.6. The molecule has 4 nitrogen and oxygen atoms in total. The minimum atomic E-state index is -0.415. The van der Waals surface area contributed by atoms with Crippen LogP contribution in [0.2, 0.25) is 0 Å². The van der Waals surface area contributed by atoms with Crippen LogP contribution in [-0.4, -0.2) is 41.8 Å². The topological polar surface area (TPSA) is 41.6 Å². The summed E-state index contributed by atoms with van der Waals surface area (Å²) in [6, 6.07) is 0.651. The van der Waals surface area contributed by atoms with Crippen LogP contribution in [0.1, 0.15) is 47.5 Å². The molecule has 1 amide bonds. The molecule has 2 unspecified atom stereocenters. The molecule has 1 rings (SSSR count). The van der Waals surface area contributed by atoms with Gasteiger partial charge in [-0.25, -0.2) is 4.79 Å². The first-order valence-electron chi connectivity index (χ1n) is 6.60. The Kier molecular flexibility index (Phi) is 4.80. The van der Waals surface area contributed by atoms with Crippen LogP contribution in [-0.2, 0) is 4.74 Å². The average Bonchev–Trinajstić information content (AvgIpc) is 2.25. The second-order valence-electron chi connectivity index (χ2n) is 5.71. The Morgan fingerprint density at radius 1 is 1.35 bits per heavy atom. The molecular weight excluding hydrogens is 216 g/mol. The van der Waals surface area contributed by atoms with Gasteiger partial charge < -0.3 is 15.0 Å². The molecule has 100 valence electrons. The van der Waals surface area contributed by atoms with Crippen molar-refractivity contribution >= 4 is 6.09 Å². The third-order valence-electron chi connectivity index (χ3n) is 3.09. The molecule has 1 N–H and O–H groups in total. The quantitative estimate of drug-likeness (QED) is 0.808. The maximum atomic E-state index is 12.1. The lowest BCUT2D eigenvalue weighted by molar-refractivity contribution is 0.00684. The summed E-state index contributed by atoms with van der Waals surface area (Å²) < 4.78 is 5.46. The fraction of sp³-hybridized carbons (Fsp3) is 0.923. The first kappa shape index (κ1) is 14.3. The predicted octanol–water partition coefficient (Wildman–Crippen LogP) is 2.38. The van der Waals surface area contributed by atoms with E-state index < -0.39 is 5.60 Å². The van der Waals surface area contributed by atoms with Gasteiger partial charge in [0.05, 0.1) is 0 Å². The van der Waals surface area contributed by atoms with E-state index in [1.807, 2.05) is 25.7 Å². The molecule has 1 fully saturated rings. The molecule has 0 radical (unpaired) electrons. The summed E-state index contributed by atoms with van der Waals surface area (Å²) in [6.07, 6.45) is 1.82. The number of carbonyl (C=O) groups excluding carboxylic acids is 1. The fourth-order valence-corrected chi connectivity index (χ4v) is 2.05. The molecule has 0 aliphatic carbocycles. The third-order valence-corrected chi connectivity index (χ3v) is 3.09. The number of amides is 1. The van der Waals surface area contributed by atoms with Gasteiger partial charge in [-0.15, -0.1) is 0 Å². The van der Waals surface area contributed by atoms with Gasteiger partial charge in [0.25, 0.3) is 0 Å². The van der Waals surface area contributed by atoms with Crippen LogP contribution in [0.15, 0.2) is 0 Å². The molecule has 1 saturated heterocycles. The Morgan fingerprint density at radius 2 is 2.00 bits per heavy atom.